The van der Waals surface area contributed by atoms with Crippen LogP contribution in [0.1, 0.15) is 33.5 Å². The first kappa shape index (κ1) is 24.5. The van der Waals surface area contributed by atoms with Gasteiger partial charge in [-0.3, -0.25) is 14.4 Å². The first-order chi connectivity index (χ1) is 19.1. The van der Waals surface area contributed by atoms with Gasteiger partial charge in [-0.1, -0.05) is 18.2 Å². The minimum absolute atomic E-state index is 0.0551. The van der Waals surface area contributed by atoms with Crippen molar-refractivity contribution in [2.45, 2.75) is 32.2 Å². The Labute approximate surface area is 224 Å². The summed E-state index contributed by atoms with van der Waals surface area (Å²) in [6.45, 7) is 0.852. The molecule has 10 heteroatoms. The van der Waals surface area contributed by atoms with Gasteiger partial charge in [0.25, 0.3) is 5.91 Å². The number of carbonyl (C=O) groups is 1. The quantitative estimate of drug-likeness (QED) is 0.299. The third-order valence-corrected chi connectivity index (χ3v) is 6.97. The fraction of sp³-hybridized carbons (Fsp3) is 0.207. The lowest BCUT2D eigenvalue weighted by atomic mass is 10.1. The van der Waals surface area contributed by atoms with Crippen molar-refractivity contribution in [1.29, 1.82) is 0 Å². The number of hydroxylamine groups is 1. The summed E-state index contributed by atoms with van der Waals surface area (Å²) in [6.07, 6.45) is 12.6. The van der Waals surface area contributed by atoms with E-state index < -0.39 is 11.3 Å². The van der Waals surface area contributed by atoms with Gasteiger partial charge in [-0.2, -0.15) is 4.98 Å². The number of nitrogens with zero attached hydrogens (tertiary/aromatic N) is 5. The number of rotatable bonds is 8. The summed E-state index contributed by atoms with van der Waals surface area (Å²) in [7, 11) is 1.32. The number of aryl methyl sites for hydroxylation is 4. The monoisotopic (exact) mass is 521 g/mol. The topological polar surface area (TPSA) is 116 Å². The third kappa shape index (κ3) is 5.01. The van der Waals surface area contributed by atoms with Gasteiger partial charge in [0.15, 0.2) is 5.65 Å². The zero-order chi connectivity index (χ0) is 26.8. The average Bonchev–Trinajstić information content (AvgIpc) is 3.65. The molecule has 196 valence electrons. The van der Waals surface area contributed by atoms with Crippen molar-refractivity contribution in [3.63, 3.8) is 0 Å². The van der Waals surface area contributed by atoms with E-state index in [0.717, 1.165) is 43.6 Å². The molecule has 0 fully saturated rings. The molecule has 1 amide bonds. The number of hydrogen-bond acceptors (Lipinski definition) is 7. The van der Waals surface area contributed by atoms with E-state index in [9.17, 15) is 9.59 Å². The van der Waals surface area contributed by atoms with Crippen molar-refractivity contribution < 1.29 is 9.63 Å². The van der Waals surface area contributed by atoms with Crippen molar-refractivity contribution in [1.82, 2.24) is 29.6 Å². The fourth-order valence-electron chi connectivity index (χ4n) is 4.95. The second kappa shape index (κ2) is 10.5. The highest BCUT2D eigenvalue weighted by molar-refractivity contribution is 5.96. The summed E-state index contributed by atoms with van der Waals surface area (Å²) in [5.74, 6) is -0.285. The fourth-order valence-corrected chi connectivity index (χ4v) is 4.95. The van der Waals surface area contributed by atoms with Gasteiger partial charge in [0, 0.05) is 42.7 Å². The molecule has 39 heavy (non-hydrogen) atoms. The second-order valence-electron chi connectivity index (χ2n) is 9.49. The maximum atomic E-state index is 13.2. The number of benzene rings is 2. The van der Waals surface area contributed by atoms with Crippen LogP contribution in [0.3, 0.4) is 0 Å². The van der Waals surface area contributed by atoms with Gasteiger partial charge in [0.05, 0.1) is 18.8 Å². The first-order valence-corrected chi connectivity index (χ1v) is 12.8. The van der Waals surface area contributed by atoms with Crippen LogP contribution in [0, 0.1) is 0 Å². The van der Waals surface area contributed by atoms with Crippen molar-refractivity contribution in [3.8, 4) is 5.69 Å². The van der Waals surface area contributed by atoms with Crippen LogP contribution in [-0.4, -0.2) is 37.1 Å². The highest BCUT2D eigenvalue weighted by atomic mass is 16.6. The van der Waals surface area contributed by atoms with Gasteiger partial charge in [-0.15, -0.1) is 0 Å². The SMILES string of the molecule is CONC(=O)c1cn(-c2ccc3c(c2)CCC3)c2nc(Nc3ccc(CCn4ccnc4)cc3)ncc2c1=O. The number of hydrogen-bond donors (Lipinski definition) is 2. The lowest BCUT2D eigenvalue weighted by Crippen LogP contribution is -2.29. The van der Waals surface area contributed by atoms with Gasteiger partial charge in [0.1, 0.15) is 5.56 Å². The van der Waals surface area contributed by atoms with E-state index in [2.05, 4.69) is 45.0 Å². The lowest BCUT2D eigenvalue weighted by Gasteiger charge is -2.15. The molecule has 0 aliphatic heterocycles. The van der Waals surface area contributed by atoms with Crippen LogP contribution in [-0.2, 0) is 30.6 Å². The lowest BCUT2D eigenvalue weighted by molar-refractivity contribution is 0.0536. The molecule has 2 aromatic carbocycles. The molecule has 0 radical (unpaired) electrons. The Morgan fingerprint density at radius 3 is 2.74 bits per heavy atom. The number of carbonyl (C=O) groups excluding carboxylic acids is 1. The van der Waals surface area contributed by atoms with Crippen molar-refractivity contribution in [2.24, 2.45) is 0 Å². The molecule has 1 aliphatic carbocycles. The van der Waals surface area contributed by atoms with E-state index in [-0.39, 0.29) is 10.9 Å². The summed E-state index contributed by atoms with van der Waals surface area (Å²) in [5, 5.41) is 3.47. The number of pyridine rings is 1. The maximum Gasteiger partial charge on any atom is 0.280 e. The molecule has 0 unspecified atom stereocenters. The number of nitrogens with one attached hydrogen (secondary N) is 2. The Balaban J connectivity index is 1.34. The molecule has 10 nitrogen and oxygen atoms in total. The molecular formula is C29H27N7O3. The van der Waals surface area contributed by atoms with Crippen LogP contribution in [0.2, 0.25) is 0 Å². The van der Waals surface area contributed by atoms with Crippen LogP contribution >= 0.6 is 0 Å². The van der Waals surface area contributed by atoms with Gasteiger partial charge in [-0.05, 0) is 66.6 Å². The predicted molar refractivity (Wildman–Crippen MR) is 147 cm³/mol. The summed E-state index contributed by atoms with van der Waals surface area (Å²) < 4.78 is 3.81. The zero-order valence-electron chi connectivity index (χ0n) is 21.4. The number of aromatic nitrogens is 5. The molecule has 0 saturated heterocycles. The molecule has 0 spiro atoms. The van der Waals surface area contributed by atoms with E-state index in [0.29, 0.717) is 11.6 Å². The molecule has 0 atom stereocenters. The molecule has 3 heterocycles. The molecule has 1 aliphatic rings. The Kier molecular flexibility index (Phi) is 6.60. The molecule has 3 aromatic heterocycles. The molecule has 6 rings (SSSR count). The Morgan fingerprint density at radius 1 is 1.10 bits per heavy atom. The molecule has 0 bridgehead atoms. The minimum atomic E-state index is -0.630. The van der Waals surface area contributed by atoms with Crippen molar-refractivity contribution in [3.05, 3.63) is 106 Å². The largest absolute Gasteiger partial charge is 0.337 e. The van der Waals surface area contributed by atoms with Crippen molar-refractivity contribution >= 4 is 28.6 Å². The molecule has 0 saturated carbocycles. The maximum absolute atomic E-state index is 13.2. The van der Waals surface area contributed by atoms with Crippen LogP contribution < -0.4 is 16.2 Å². The van der Waals surface area contributed by atoms with E-state index >= 15 is 0 Å². The Morgan fingerprint density at radius 2 is 1.95 bits per heavy atom. The second-order valence-corrected chi connectivity index (χ2v) is 9.49. The molecule has 5 aromatic rings. The van der Waals surface area contributed by atoms with E-state index in [1.165, 1.54) is 36.2 Å². The third-order valence-electron chi connectivity index (χ3n) is 6.97. The Hall–Kier alpha value is -4.83. The predicted octanol–water partition coefficient (Wildman–Crippen LogP) is 3.74. The first-order valence-electron chi connectivity index (χ1n) is 12.8. The standard InChI is InChI=1S/C29H27N7O3/c1-39-34-28(38)25-17-36(23-10-7-20-3-2-4-21(20)15-23)27-24(26(25)37)16-31-29(33-27)32-22-8-5-19(6-9-22)11-13-35-14-12-30-18-35/h5-10,12,14-18H,2-4,11,13H2,1H3,(H,34,38)(H,31,32,33). The van der Waals surface area contributed by atoms with Gasteiger partial charge < -0.3 is 14.5 Å². The summed E-state index contributed by atoms with van der Waals surface area (Å²) in [6, 6.07) is 14.3. The van der Waals surface area contributed by atoms with Crippen LogP contribution in [0.4, 0.5) is 11.6 Å². The van der Waals surface area contributed by atoms with Crippen molar-refractivity contribution in [2.75, 3.05) is 12.4 Å². The van der Waals surface area contributed by atoms with Crippen LogP contribution in [0.25, 0.3) is 16.7 Å². The van der Waals surface area contributed by atoms with E-state index in [4.69, 9.17) is 9.82 Å². The highest BCUT2D eigenvalue weighted by Crippen LogP contribution is 2.26. The smallest absolute Gasteiger partial charge is 0.280 e. The van der Waals surface area contributed by atoms with E-state index in [1.807, 2.05) is 35.3 Å². The van der Waals surface area contributed by atoms with Gasteiger partial charge in [0.2, 0.25) is 11.4 Å². The molecule has 2 N–H and O–H groups in total. The normalized spacial score (nSPS) is 12.4. The van der Waals surface area contributed by atoms with Gasteiger partial charge in [-0.25, -0.2) is 15.4 Å². The summed E-state index contributed by atoms with van der Waals surface area (Å²) in [5.41, 5.74) is 7.55. The zero-order valence-corrected chi connectivity index (χ0v) is 21.4. The van der Waals surface area contributed by atoms with Gasteiger partial charge >= 0.3 is 0 Å². The molecular weight excluding hydrogens is 494 g/mol. The number of amides is 1. The summed E-state index contributed by atoms with van der Waals surface area (Å²) in [4.78, 5) is 43.8. The van der Waals surface area contributed by atoms with E-state index in [1.54, 1.807) is 10.8 Å². The Bertz CT molecular complexity index is 1710. The number of imidazole rings is 1. The average molecular weight is 522 g/mol. The number of fused-ring (bicyclic) bond motifs is 2. The van der Waals surface area contributed by atoms with Crippen LogP contribution in [0.15, 0.2) is 78.4 Å². The number of anilines is 2. The summed E-state index contributed by atoms with van der Waals surface area (Å²) >= 11 is 0. The van der Waals surface area contributed by atoms with Crippen LogP contribution in [0.5, 0.6) is 0 Å². The highest BCUT2D eigenvalue weighted by Gasteiger charge is 2.19. The minimum Gasteiger partial charge on any atom is -0.337 e.